The molecule has 1 aromatic heterocycles. The van der Waals surface area contributed by atoms with Crippen molar-refractivity contribution in [2.75, 3.05) is 0 Å². The van der Waals surface area contributed by atoms with E-state index in [1.165, 1.54) is 17.8 Å². The molecule has 0 amide bonds. The quantitative estimate of drug-likeness (QED) is 0.671. The van der Waals surface area contributed by atoms with E-state index in [1.54, 1.807) is 12.1 Å². The van der Waals surface area contributed by atoms with Crippen molar-refractivity contribution in [1.82, 2.24) is 4.98 Å². The summed E-state index contributed by atoms with van der Waals surface area (Å²) in [7, 11) is 0. The molecular weight excluding hydrogens is 296 g/mol. The average Bonchev–Trinajstić information content (AvgIpc) is 2.56. The lowest BCUT2D eigenvalue weighted by Crippen LogP contribution is -2.12. The van der Waals surface area contributed by atoms with Gasteiger partial charge in [0.25, 0.3) is 5.56 Å². The minimum absolute atomic E-state index is 0.0129. The van der Waals surface area contributed by atoms with Crippen LogP contribution < -0.4 is 5.56 Å². The number of hydrogen-bond acceptors (Lipinski definition) is 5. The van der Waals surface area contributed by atoms with Crippen LogP contribution in [-0.4, -0.2) is 10.1 Å². The number of aliphatic hydroxyl groups is 1. The van der Waals surface area contributed by atoms with Crippen molar-refractivity contribution in [1.29, 1.82) is 5.26 Å². The number of aliphatic hydroxyl groups excluding tert-OH is 1. The molecule has 2 aromatic rings. The molecule has 0 bridgehead atoms. The summed E-state index contributed by atoms with van der Waals surface area (Å²) in [6.07, 6.45) is 5.08. The predicted molar refractivity (Wildman–Crippen MR) is 87.6 cm³/mol. The summed E-state index contributed by atoms with van der Waals surface area (Å²) in [5, 5.41) is 20.8. The second-order valence-corrected chi connectivity index (χ2v) is 6.56. The normalized spacial score (nSPS) is 17.0. The van der Waals surface area contributed by atoms with Gasteiger partial charge in [-0.25, -0.2) is 0 Å². The minimum Gasteiger partial charge on any atom is -0.511 e. The Labute approximate surface area is 132 Å². The van der Waals surface area contributed by atoms with Gasteiger partial charge in [-0.2, -0.15) is 10.2 Å². The Morgan fingerprint density at radius 3 is 2.73 bits per heavy atom. The van der Waals surface area contributed by atoms with Crippen LogP contribution in [0.25, 0.3) is 15.7 Å². The Morgan fingerprint density at radius 2 is 2.00 bits per heavy atom. The van der Waals surface area contributed by atoms with Gasteiger partial charge in [0.05, 0.1) is 5.39 Å². The lowest BCUT2D eigenvalue weighted by atomic mass is 9.86. The maximum Gasteiger partial charge on any atom is 0.279 e. The first kappa shape index (κ1) is 14.7. The molecular formula is C17H16N2O2S. The van der Waals surface area contributed by atoms with E-state index in [9.17, 15) is 15.2 Å². The SMILES string of the molecule is N#CC(=C(O)C1CCCCC1)c1nc(=O)c2ccccc2s1. The van der Waals surface area contributed by atoms with Gasteiger partial charge >= 0.3 is 0 Å². The Morgan fingerprint density at radius 1 is 1.27 bits per heavy atom. The predicted octanol–water partition coefficient (Wildman–Crippen LogP) is 4.03. The summed E-state index contributed by atoms with van der Waals surface area (Å²) in [5.74, 6) is 0.111. The van der Waals surface area contributed by atoms with Gasteiger partial charge in [0.15, 0.2) is 0 Å². The topological polar surface area (TPSA) is 74.0 Å². The summed E-state index contributed by atoms with van der Waals surface area (Å²) in [6, 6.07) is 9.24. The number of aromatic nitrogens is 1. The monoisotopic (exact) mass is 312 g/mol. The van der Waals surface area contributed by atoms with Gasteiger partial charge < -0.3 is 5.11 Å². The average molecular weight is 312 g/mol. The van der Waals surface area contributed by atoms with Crippen LogP contribution in [0.5, 0.6) is 0 Å². The van der Waals surface area contributed by atoms with E-state index in [4.69, 9.17) is 0 Å². The van der Waals surface area contributed by atoms with E-state index in [2.05, 4.69) is 4.98 Å². The molecule has 0 spiro atoms. The molecule has 5 heteroatoms. The van der Waals surface area contributed by atoms with E-state index in [1.807, 2.05) is 18.2 Å². The second kappa shape index (κ2) is 6.29. The molecule has 3 rings (SSSR count). The highest BCUT2D eigenvalue weighted by atomic mass is 32.1. The van der Waals surface area contributed by atoms with Crippen molar-refractivity contribution in [3.63, 3.8) is 0 Å². The molecule has 0 radical (unpaired) electrons. The van der Waals surface area contributed by atoms with Crippen molar-refractivity contribution in [2.45, 2.75) is 32.1 Å². The van der Waals surface area contributed by atoms with Crippen LogP contribution >= 0.6 is 11.3 Å². The zero-order valence-corrected chi connectivity index (χ0v) is 12.9. The van der Waals surface area contributed by atoms with Crippen LogP contribution in [0, 0.1) is 17.2 Å². The van der Waals surface area contributed by atoms with Crippen molar-refractivity contribution in [3.8, 4) is 6.07 Å². The molecule has 1 saturated carbocycles. The lowest BCUT2D eigenvalue weighted by molar-refractivity contribution is 0.279. The standard InChI is InChI=1S/C17H16N2O2S/c18-10-13(15(20)11-6-2-1-3-7-11)17-19-16(21)12-8-4-5-9-14(12)22-17/h4-5,8-9,11,20H,1-3,6-7H2. The smallest absolute Gasteiger partial charge is 0.279 e. The van der Waals surface area contributed by atoms with E-state index in [-0.39, 0.29) is 22.8 Å². The fraction of sp³-hybridized carbons (Fsp3) is 0.353. The zero-order chi connectivity index (χ0) is 15.5. The van der Waals surface area contributed by atoms with Crippen LogP contribution in [0.15, 0.2) is 34.8 Å². The molecule has 1 N–H and O–H groups in total. The van der Waals surface area contributed by atoms with Gasteiger partial charge in [0.1, 0.15) is 22.4 Å². The Bertz CT molecular complexity index is 826. The van der Waals surface area contributed by atoms with E-state index in [0.717, 1.165) is 30.4 Å². The van der Waals surface area contributed by atoms with Crippen molar-refractivity contribution >= 4 is 27.0 Å². The van der Waals surface area contributed by atoms with Gasteiger partial charge in [-0.05, 0) is 25.0 Å². The second-order valence-electron chi connectivity index (χ2n) is 5.53. The minimum atomic E-state index is -0.353. The van der Waals surface area contributed by atoms with Crippen molar-refractivity contribution in [3.05, 3.63) is 45.4 Å². The van der Waals surface area contributed by atoms with Crippen LogP contribution in [0.3, 0.4) is 0 Å². The van der Waals surface area contributed by atoms with Gasteiger partial charge in [0.2, 0.25) is 0 Å². The summed E-state index contributed by atoms with van der Waals surface area (Å²) >= 11 is 1.27. The number of allylic oxidation sites excluding steroid dienone is 2. The summed E-state index contributed by atoms with van der Waals surface area (Å²) in [4.78, 5) is 16.1. The maximum atomic E-state index is 12.1. The lowest BCUT2D eigenvalue weighted by Gasteiger charge is -2.21. The number of nitriles is 1. The number of nitrogens with zero attached hydrogens (tertiary/aromatic N) is 2. The van der Waals surface area contributed by atoms with Gasteiger partial charge in [-0.1, -0.05) is 31.4 Å². The van der Waals surface area contributed by atoms with E-state index in [0.29, 0.717) is 10.4 Å². The van der Waals surface area contributed by atoms with Crippen LogP contribution in [0.1, 0.15) is 37.1 Å². The van der Waals surface area contributed by atoms with Crippen molar-refractivity contribution < 1.29 is 5.11 Å². The fourth-order valence-corrected chi connectivity index (χ4v) is 3.91. The molecule has 0 aliphatic heterocycles. The first-order chi connectivity index (χ1) is 10.7. The van der Waals surface area contributed by atoms with Gasteiger partial charge in [0, 0.05) is 10.6 Å². The molecule has 1 heterocycles. The summed E-state index contributed by atoms with van der Waals surface area (Å²) in [6.45, 7) is 0. The number of rotatable bonds is 2. The van der Waals surface area contributed by atoms with Crippen LogP contribution in [0.4, 0.5) is 0 Å². The maximum absolute atomic E-state index is 12.1. The Balaban J connectivity index is 2.11. The van der Waals surface area contributed by atoms with Gasteiger partial charge in [-0.3, -0.25) is 4.79 Å². The molecule has 1 aromatic carbocycles. The van der Waals surface area contributed by atoms with Crippen LogP contribution in [-0.2, 0) is 0 Å². The third kappa shape index (κ3) is 2.75. The Kier molecular flexibility index (Phi) is 4.21. The van der Waals surface area contributed by atoms with E-state index < -0.39 is 0 Å². The molecule has 112 valence electrons. The molecule has 0 saturated heterocycles. The number of hydrogen-bond donors (Lipinski definition) is 1. The summed E-state index contributed by atoms with van der Waals surface area (Å²) in [5.41, 5.74) is -0.201. The number of fused-ring (bicyclic) bond motifs is 1. The molecule has 1 aliphatic carbocycles. The molecule has 0 unspecified atom stereocenters. The molecule has 1 aliphatic rings. The highest BCUT2D eigenvalue weighted by Gasteiger charge is 2.23. The largest absolute Gasteiger partial charge is 0.511 e. The fourth-order valence-electron chi connectivity index (χ4n) is 2.91. The molecule has 1 fully saturated rings. The third-order valence-corrected chi connectivity index (χ3v) is 5.17. The Hall–Kier alpha value is -2.19. The van der Waals surface area contributed by atoms with E-state index >= 15 is 0 Å². The highest BCUT2D eigenvalue weighted by molar-refractivity contribution is 7.19. The van der Waals surface area contributed by atoms with Gasteiger partial charge in [-0.15, -0.1) is 11.3 Å². The molecule has 22 heavy (non-hydrogen) atoms. The van der Waals surface area contributed by atoms with Crippen molar-refractivity contribution in [2.24, 2.45) is 5.92 Å². The zero-order valence-electron chi connectivity index (χ0n) is 12.1. The highest BCUT2D eigenvalue weighted by Crippen LogP contribution is 2.33. The van der Waals surface area contributed by atoms with Crippen LogP contribution in [0.2, 0.25) is 0 Å². The summed E-state index contributed by atoms with van der Waals surface area (Å²) < 4.78 is 0.779. The number of benzene rings is 1. The molecule has 0 atom stereocenters. The molecule has 4 nitrogen and oxygen atoms in total. The first-order valence-corrected chi connectivity index (χ1v) is 8.26. The first-order valence-electron chi connectivity index (χ1n) is 7.44. The third-order valence-electron chi connectivity index (χ3n) is 4.10.